The van der Waals surface area contributed by atoms with E-state index in [1.807, 2.05) is 24.0 Å². The molecule has 0 amide bonds. The molecule has 0 aliphatic carbocycles. The Morgan fingerprint density at radius 2 is 1.56 bits per heavy atom. The number of piperazine rings is 1. The number of hydrogen-bond donors (Lipinski definition) is 0. The molecule has 0 unspecified atom stereocenters. The minimum Gasteiger partial charge on any atom is -0.353 e. The van der Waals surface area contributed by atoms with Crippen molar-refractivity contribution in [3.8, 4) is 0 Å². The van der Waals surface area contributed by atoms with Crippen LogP contribution in [0.4, 0.5) is 24.8 Å². The monoisotopic (exact) mass is 378 g/mol. The summed E-state index contributed by atoms with van der Waals surface area (Å²) in [6.07, 6.45) is -4.49. The first-order valence-electron chi connectivity index (χ1n) is 8.43. The quantitative estimate of drug-likeness (QED) is 0.674. The van der Waals surface area contributed by atoms with Crippen LogP contribution in [-0.4, -0.2) is 56.0 Å². The van der Waals surface area contributed by atoms with Crippen LogP contribution < -0.4 is 9.80 Å². The number of fused-ring (bicyclic) bond motifs is 1. The highest BCUT2D eigenvalue weighted by atomic mass is 19.4. The van der Waals surface area contributed by atoms with Crippen LogP contribution in [0.1, 0.15) is 17.3 Å². The molecule has 0 atom stereocenters. The van der Waals surface area contributed by atoms with Gasteiger partial charge in [-0.15, -0.1) is 15.3 Å². The zero-order valence-corrected chi connectivity index (χ0v) is 14.8. The molecule has 8 nitrogen and oxygen atoms in total. The summed E-state index contributed by atoms with van der Waals surface area (Å²) in [6.45, 7) is 5.59. The molecule has 0 bridgehead atoms. The van der Waals surface area contributed by atoms with Crippen LogP contribution in [0.3, 0.4) is 0 Å². The van der Waals surface area contributed by atoms with Crippen molar-refractivity contribution in [2.45, 2.75) is 20.0 Å². The molecular formula is C16H17F3N8. The van der Waals surface area contributed by atoms with Crippen LogP contribution in [0, 0.1) is 13.8 Å². The van der Waals surface area contributed by atoms with Gasteiger partial charge in [0.1, 0.15) is 23.2 Å². The van der Waals surface area contributed by atoms with Gasteiger partial charge in [-0.3, -0.25) is 0 Å². The molecular weight excluding hydrogens is 361 g/mol. The Morgan fingerprint density at radius 3 is 2.22 bits per heavy atom. The summed E-state index contributed by atoms with van der Waals surface area (Å²) in [5.74, 6) is 1.88. The summed E-state index contributed by atoms with van der Waals surface area (Å²) in [6, 6.07) is 4.72. The molecule has 4 rings (SSSR count). The predicted octanol–water partition coefficient (Wildman–Crippen LogP) is 1.88. The molecule has 0 radical (unpaired) electrons. The van der Waals surface area contributed by atoms with Crippen molar-refractivity contribution in [2.24, 2.45) is 0 Å². The van der Waals surface area contributed by atoms with Gasteiger partial charge >= 0.3 is 6.18 Å². The van der Waals surface area contributed by atoms with E-state index < -0.39 is 11.9 Å². The van der Waals surface area contributed by atoms with Gasteiger partial charge in [-0.05, 0) is 26.0 Å². The molecule has 142 valence electrons. The Bertz CT molecular complexity index is 975. The molecule has 0 spiro atoms. The van der Waals surface area contributed by atoms with Crippen molar-refractivity contribution in [1.29, 1.82) is 0 Å². The SMILES string of the molecule is Cc1nc(N2CCN(c3ccc4nnc(C)n4n3)CC2)cc(C(F)(F)F)n1. The Kier molecular flexibility index (Phi) is 4.08. The summed E-state index contributed by atoms with van der Waals surface area (Å²) in [5, 5.41) is 12.5. The van der Waals surface area contributed by atoms with Gasteiger partial charge in [-0.2, -0.15) is 17.7 Å². The van der Waals surface area contributed by atoms with Crippen LogP contribution in [0.15, 0.2) is 18.2 Å². The van der Waals surface area contributed by atoms with Crippen LogP contribution in [0.25, 0.3) is 5.65 Å². The van der Waals surface area contributed by atoms with Crippen LogP contribution in [0.5, 0.6) is 0 Å². The molecule has 27 heavy (non-hydrogen) atoms. The maximum Gasteiger partial charge on any atom is 0.433 e. The van der Waals surface area contributed by atoms with Crippen molar-refractivity contribution in [3.63, 3.8) is 0 Å². The second-order valence-electron chi connectivity index (χ2n) is 6.34. The van der Waals surface area contributed by atoms with Gasteiger partial charge in [0.2, 0.25) is 0 Å². The van der Waals surface area contributed by atoms with Gasteiger partial charge < -0.3 is 9.80 Å². The van der Waals surface area contributed by atoms with E-state index >= 15 is 0 Å². The van der Waals surface area contributed by atoms with Crippen molar-refractivity contribution >= 4 is 17.3 Å². The minimum atomic E-state index is -4.49. The smallest absolute Gasteiger partial charge is 0.353 e. The summed E-state index contributed by atoms with van der Waals surface area (Å²) in [7, 11) is 0. The maximum atomic E-state index is 13.0. The Morgan fingerprint density at radius 1 is 0.889 bits per heavy atom. The molecule has 0 N–H and O–H groups in total. The maximum absolute atomic E-state index is 13.0. The summed E-state index contributed by atoms with van der Waals surface area (Å²) >= 11 is 0. The molecule has 11 heteroatoms. The summed E-state index contributed by atoms with van der Waals surface area (Å²) < 4.78 is 40.7. The predicted molar refractivity (Wildman–Crippen MR) is 91.7 cm³/mol. The van der Waals surface area contributed by atoms with Crippen LogP contribution in [-0.2, 0) is 6.18 Å². The number of hydrogen-bond acceptors (Lipinski definition) is 7. The number of alkyl halides is 3. The molecule has 3 aromatic heterocycles. The Labute approximate surface area is 152 Å². The van der Waals surface area contributed by atoms with E-state index in [0.717, 1.165) is 11.9 Å². The lowest BCUT2D eigenvalue weighted by Crippen LogP contribution is -2.47. The summed E-state index contributed by atoms with van der Waals surface area (Å²) in [4.78, 5) is 11.6. The van der Waals surface area contributed by atoms with E-state index in [4.69, 9.17) is 0 Å². The van der Waals surface area contributed by atoms with Crippen LogP contribution >= 0.6 is 0 Å². The topological polar surface area (TPSA) is 75.3 Å². The molecule has 4 heterocycles. The molecule has 1 aliphatic rings. The first-order chi connectivity index (χ1) is 12.8. The number of aromatic nitrogens is 6. The highest BCUT2D eigenvalue weighted by Gasteiger charge is 2.34. The van der Waals surface area contributed by atoms with Crippen LogP contribution in [0.2, 0.25) is 0 Å². The molecule has 3 aromatic rings. The number of aryl methyl sites for hydroxylation is 2. The number of rotatable bonds is 2. The van der Waals surface area contributed by atoms with Crippen molar-refractivity contribution in [3.05, 3.63) is 35.5 Å². The van der Waals surface area contributed by atoms with Crippen molar-refractivity contribution in [2.75, 3.05) is 36.0 Å². The third-order valence-corrected chi connectivity index (χ3v) is 4.45. The molecule has 0 saturated carbocycles. The molecule has 0 aromatic carbocycles. The fourth-order valence-corrected chi connectivity index (χ4v) is 3.08. The average Bonchev–Trinajstić information content (AvgIpc) is 3.01. The number of nitrogens with zero attached hydrogens (tertiary/aromatic N) is 8. The Balaban J connectivity index is 1.51. The lowest BCUT2D eigenvalue weighted by molar-refractivity contribution is -0.141. The zero-order valence-electron chi connectivity index (χ0n) is 14.8. The van der Waals surface area contributed by atoms with E-state index in [9.17, 15) is 13.2 Å². The second-order valence-corrected chi connectivity index (χ2v) is 6.34. The molecule has 1 aliphatic heterocycles. The minimum absolute atomic E-state index is 0.109. The van der Waals surface area contributed by atoms with Gasteiger partial charge in [0, 0.05) is 32.2 Å². The van der Waals surface area contributed by atoms with E-state index in [1.54, 1.807) is 4.52 Å². The van der Waals surface area contributed by atoms with Gasteiger partial charge in [0.25, 0.3) is 0 Å². The Hall–Kier alpha value is -2.98. The molecule has 1 saturated heterocycles. The third-order valence-electron chi connectivity index (χ3n) is 4.45. The fraction of sp³-hybridized carbons (Fsp3) is 0.438. The normalized spacial score (nSPS) is 15.6. The van der Waals surface area contributed by atoms with Gasteiger partial charge in [-0.25, -0.2) is 9.97 Å². The lowest BCUT2D eigenvalue weighted by Gasteiger charge is -2.36. The third kappa shape index (κ3) is 3.36. The molecule has 1 fully saturated rings. The first-order valence-corrected chi connectivity index (χ1v) is 8.43. The highest BCUT2D eigenvalue weighted by Crippen LogP contribution is 2.30. The van der Waals surface area contributed by atoms with Gasteiger partial charge in [0.05, 0.1) is 0 Å². The van der Waals surface area contributed by atoms with Gasteiger partial charge in [-0.1, -0.05) is 0 Å². The number of anilines is 2. The van der Waals surface area contributed by atoms with E-state index in [1.165, 1.54) is 6.92 Å². The fourth-order valence-electron chi connectivity index (χ4n) is 3.08. The van der Waals surface area contributed by atoms with E-state index in [0.29, 0.717) is 43.5 Å². The lowest BCUT2D eigenvalue weighted by atomic mass is 10.3. The van der Waals surface area contributed by atoms with E-state index in [-0.39, 0.29) is 5.82 Å². The second kappa shape index (κ2) is 6.32. The number of halogens is 3. The first kappa shape index (κ1) is 17.4. The van der Waals surface area contributed by atoms with Crippen molar-refractivity contribution < 1.29 is 13.2 Å². The zero-order chi connectivity index (χ0) is 19.2. The average molecular weight is 378 g/mol. The summed E-state index contributed by atoms with van der Waals surface area (Å²) in [5.41, 5.74) is -0.242. The highest BCUT2D eigenvalue weighted by molar-refractivity contribution is 5.48. The van der Waals surface area contributed by atoms with E-state index in [2.05, 4.69) is 30.2 Å². The van der Waals surface area contributed by atoms with Crippen molar-refractivity contribution in [1.82, 2.24) is 29.8 Å². The standard InChI is InChI=1S/C16H17F3N8/c1-10-20-12(16(17,18)19)9-15(21-10)26-7-5-25(6-8-26)14-4-3-13-23-22-11(2)27(13)24-14/h3-4,9H,5-8H2,1-2H3. The largest absolute Gasteiger partial charge is 0.433 e. The van der Waals surface area contributed by atoms with Gasteiger partial charge in [0.15, 0.2) is 11.5 Å².